The fourth-order valence-electron chi connectivity index (χ4n) is 0.923. The Morgan fingerprint density at radius 3 is 2.79 bits per heavy atom. The molecule has 1 aromatic rings. The maximum absolute atomic E-state index is 10.2. The number of amidine groups is 1. The molecule has 6 heteroatoms. The highest BCUT2D eigenvalue weighted by atomic mass is 35.5. The number of hydrogen-bond donors (Lipinski definition) is 3. The van der Waals surface area contributed by atoms with Gasteiger partial charge in [0.05, 0.1) is 0 Å². The van der Waals surface area contributed by atoms with E-state index in [4.69, 9.17) is 10.5 Å². The molecule has 0 aliphatic rings. The Labute approximate surface area is 87.1 Å². The van der Waals surface area contributed by atoms with E-state index in [-0.39, 0.29) is 18.2 Å². The topological polar surface area (TPSA) is 86.1 Å². The lowest BCUT2D eigenvalue weighted by Gasteiger charge is -2.04. The van der Waals surface area contributed by atoms with Gasteiger partial charge < -0.3 is 5.11 Å². The number of aryl methyl sites for hydroxylation is 1. The summed E-state index contributed by atoms with van der Waals surface area (Å²) in [6.07, 6.45) is 0.348. The largest absolute Gasteiger partial charge is 0.465 e. The first-order chi connectivity index (χ1) is 6.11. The molecule has 0 spiro atoms. The van der Waals surface area contributed by atoms with Crippen LogP contribution in [0, 0.1) is 12.3 Å². The van der Waals surface area contributed by atoms with Crippen molar-refractivity contribution in [2.75, 3.05) is 0 Å². The minimum absolute atomic E-state index is 0. The highest BCUT2D eigenvalue weighted by molar-refractivity contribution is 6.04. The molecule has 1 heterocycles. The van der Waals surface area contributed by atoms with Gasteiger partial charge in [0.25, 0.3) is 0 Å². The zero-order valence-corrected chi connectivity index (χ0v) is 8.26. The number of aromatic nitrogens is 1. The van der Waals surface area contributed by atoms with Crippen LogP contribution in [0.4, 0.5) is 4.79 Å². The van der Waals surface area contributed by atoms with Crippen LogP contribution in [0.3, 0.4) is 0 Å². The fraction of sp³-hybridized carbons (Fsp3) is 0.125. The summed E-state index contributed by atoms with van der Waals surface area (Å²) >= 11 is 0. The number of hydrogen-bond acceptors (Lipinski definition) is 3. The van der Waals surface area contributed by atoms with Crippen LogP contribution in [0.2, 0.25) is 0 Å². The monoisotopic (exact) mass is 215 g/mol. The van der Waals surface area contributed by atoms with Crippen molar-refractivity contribution in [3.05, 3.63) is 29.6 Å². The molecule has 0 fully saturated rings. The Morgan fingerprint density at radius 1 is 1.64 bits per heavy atom. The molecule has 1 amide bonds. The van der Waals surface area contributed by atoms with Crippen LogP contribution >= 0.6 is 12.4 Å². The average Bonchev–Trinajstić information content (AvgIpc) is 2.03. The van der Waals surface area contributed by atoms with E-state index < -0.39 is 6.09 Å². The van der Waals surface area contributed by atoms with Crippen LogP contribution in [0.15, 0.2) is 18.3 Å². The van der Waals surface area contributed by atoms with Gasteiger partial charge in [0.2, 0.25) is 0 Å². The van der Waals surface area contributed by atoms with E-state index in [1.54, 1.807) is 25.3 Å². The number of amides is 1. The molecule has 0 saturated heterocycles. The molecule has 5 nitrogen and oxygen atoms in total. The summed E-state index contributed by atoms with van der Waals surface area (Å²) in [7, 11) is 0. The molecular weight excluding hydrogens is 206 g/mol. The minimum atomic E-state index is -1.24. The molecule has 0 atom stereocenters. The standard InChI is InChI=1S/C8H9N3O2.ClH/c1-5-6(3-2-4-10-5)7(9)11-8(12)13;/h2-4H,1H3,(H2,9,11)(H,12,13);1H. The van der Waals surface area contributed by atoms with Gasteiger partial charge in [-0.25, -0.2) is 4.79 Å². The molecule has 1 aromatic heterocycles. The zero-order chi connectivity index (χ0) is 9.84. The SMILES string of the molecule is Cc1ncccc1C(=N)NC(=O)O.Cl. The maximum atomic E-state index is 10.2. The molecule has 1 rings (SSSR count). The van der Waals surface area contributed by atoms with Gasteiger partial charge in [0.1, 0.15) is 5.84 Å². The number of rotatable bonds is 1. The molecule has 76 valence electrons. The first-order valence-electron chi connectivity index (χ1n) is 3.61. The van der Waals surface area contributed by atoms with Crippen molar-refractivity contribution in [1.82, 2.24) is 10.3 Å². The lowest BCUT2D eigenvalue weighted by atomic mass is 10.2. The molecule has 14 heavy (non-hydrogen) atoms. The number of nitrogens with one attached hydrogen (secondary N) is 2. The number of carboxylic acid groups (broad SMARTS) is 1. The van der Waals surface area contributed by atoms with Crippen molar-refractivity contribution in [2.24, 2.45) is 0 Å². The number of nitrogens with zero attached hydrogens (tertiary/aromatic N) is 1. The average molecular weight is 216 g/mol. The van der Waals surface area contributed by atoms with E-state index >= 15 is 0 Å². The van der Waals surface area contributed by atoms with E-state index in [1.807, 2.05) is 5.32 Å². The van der Waals surface area contributed by atoms with E-state index in [0.717, 1.165) is 0 Å². The van der Waals surface area contributed by atoms with Crippen LogP contribution in [-0.2, 0) is 0 Å². The van der Waals surface area contributed by atoms with Crippen LogP contribution in [-0.4, -0.2) is 22.0 Å². The van der Waals surface area contributed by atoms with Gasteiger partial charge in [-0.05, 0) is 19.1 Å². The van der Waals surface area contributed by atoms with Gasteiger partial charge in [0.15, 0.2) is 0 Å². The van der Waals surface area contributed by atoms with Gasteiger partial charge in [-0.15, -0.1) is 12.4 Å². The first kappa shape index (κ1) is 12.4. The number of carbonyl (C=O) groups is 1. The number of pyridine rings is 1. The summed E-state index contributed by atoms with van der Waals surface area (Å²) in [5, 5.41) is 17.7. The summed E-state index contributed by atoms with van der Waals surface area (Å²) in [5.74, 6) is -0.155. The van der Waals surface area contributed by atoms with E-state index in [0.29, 0.717) is 11.3 Å². The second-order valence-electron chi connectivity index (χ2n) is 2.44. The van der Waals surface area contributed by atoms with Crippen molar-refractivity contribution in [1.29, 1.82) is 5.41 Å². The molecule has 0 unspecified atom stereocenters. The third kappa shape index (κ3) is 3.02. The summed E-state index contributed by atoms with van der Waals surface area (Å²) in [5.41, 5.74) is 1.12. The molecule has 0 aromatic carbocycles. The molecule has 0 radical (unpaired) electrons. The lowest BCUT2D eigenvalue weighted by molar-refractivity contribution is 0.200. The molecule has 0 saturated carbocycles. The van der Waals surface area contributed by atoms with Gasteiger partial charge in [-0.1, -0.05) is 0 Å². The minimum Gasteiger partial charge on any atom is -0.465 e. The predicted molar refractivity (Wildman–Crippen MR) is 54.2 cm³/mol. The van der Waals surface area contributed by atoms with Gasteiger partial charge in [0, 0.05) is 17.5 Å². The van der Waals surface area contributed by atoms with Gasteiger partial charge in [-0.3, -0.25) is 15.7 Å². The maximum Gasteiger partial charge on any atom is 0.410 e. The first-order valence-corrected chi connectivity index (χ1v) is 3.61. The highest BCUT2D eigenvalue weighted by Crippen LogP contribution is 2.02. The van der Waals surface area contributed by atoms with Gasteiger partial charge >= 0.3 is 6.09 Å². The third-order valence-electron chi connectivity index (χ3n) is 1.51. The van der Waals surface area contributed by atoms with Crippen molar-refractivity contribution in [3.63, 3.8) is 0 Å². The summed E-state index contributed by atoms with van der Waals surface area (Å²) in [6.45, 7) is 1.72. The smallest absolute Gasteiger partial charge is 0.410 e. The van der Waals surface area contributed by atoms with Crippen LogP contribution < -0.4 is 5.32 Å². The molecule has 0 aliphatic carbocycles. The summed E-state index contributed by atoms with van der Waals surface area (Å²) in [4.78, 5) is 14.2. The quantitative estimate of drug-likeness (QED) is 0.489. The Kier molecular flexibility index (Phi) is 4.58. The molecule has 0 bridgehead atoms. The second kappa shape index (κ2) is 5.18. The highest BCUT2D eigenvalue weighted by Gasteiger charge is 2.06. The molecular formula is C8H10ClN3O2. The fourth-order valence-corrected chi connectivity index (χ4v) is 0.923. The summed E-state index contributed by atoms with van der Waals surface area (Å²) < 4.78 is 0. The van der Waals surface area contributed by atoms with Crippen LogP contribution in [0.25, 0.3) is 0 Å². The molecule has 0 aliphatic heterocycles. The van der Waals surface area contributed by atoms with Gasteiger partial charge in [-0.2, -0.15) is 0 Å². The normalized spacial score (nSPS) is 8.64. The van der Waals surface area contributed by atoms with E-state index in [9.17, 15) is 4.79 Å². The zero-order valence-electron chi connectivity index (χ0n) is 7.44. The van der Waals surface area contributed by atoms with Crippen molar-refractivity contribution in [2.45, 2.75) is 6.92 Å². The summed E-state index contributed by atoms with van der Waals surface area (Å²) in [6, 6.07) is 3.29. The Morgan fingerprint density at radius 2 is 2.29 bits per heavy atom. The van der Waals surface area contributed by atoms with Crippen molar-refractivity contribution < 1.29 is 9.90 Å². The Bertz CT molecular complexity index is 354. The van der Waals surface area contributed by atoms with Crippen LogP contribution in [0.1, 0.15) is 11.3 Å². The van der Waals surface area contributed by atoms with Crippen molar-refractivity contribution >= 4 is 24.3 Å². The second-order valence-corrected chi connectivity index (χ2v) is 2.44. The number of halogens is 1. The van der Waals surface area contributed by atoms with Crippen LogP contribution in [0.5, 0.6) is 0 Å². The predicted octanol–water partition coefficient (Wildman–Crippen LogP) is 1.40. The Balaban J connectivity index is 0.00000169. The van der Waals surface area contributed by atoms with E-state index in [2.05, 4.69) is 4.98 Å². The molecule has 3 N–H and O–H groups in total. The van der Waals surface area contributed by atoms with Crippen molar-refractivity contribution in [3.8, 4) is 0 Å². The Hall–Kier alpha value is -1.62. The lowest BCUT2D eigenvalue weighted by Crippen LogP contribution is -2.29. The third-order valence-corrected chi connectivity index (χ3v) is 1.51. The van der Waals surface area contributed by atoms with E-state index in [1.165, 1.54) is 0 Å².